The van der Waals surface area contributed by atoms with Crippen molar-refractivity contribution >= 4 is 0 Å². The molecule has 0 fully saturated rings. The average molecular weight is 172 g/mol. The number of benzene rings is 1. The van der Waals surface area contributed by atoms with Crippen LogP contribution in [0.15, 0.2) is 42.5 Å². The fourth-order valence-corrected chi connectivity index (χ4v) is 0.834. The average Bonchev–Trinajstić information content (AvgIpc) is 2.14. The zero-order chi connectivity index (χ0) is 9.52. The molecular formula is C12H12O. The van der Waals surface area contributed by atoms with Gasteiger partial charge in [-0.2, -0.15) is 0 Å². The Morgan fingerprint density at radius 2 is 2.00 bits per heavy atom. The summed E-state index contributed by atoms with van der Waals surface area (Å²) < 4.78 is 0. The predicted molar refractivity (Wildman–Crippen MR) is 54.1 cm³/mol. The fourth-order valence-electron chi connectivity index (χ4n) is 0.834. The SMILES string of the molecule is C[C@@H](O)/C=C/C#Cc1ccccc1. The van der Waals surface area contributed by atoms with Crippen LogP contribution in [0.2, 0.25) is 0 Å². The molecule has 0 bridgehead atoms. The molecule has 1 aromatic rings. The van der Waals surface area contributed by atoms with E-state index in [0.717, 1.165) is 5.56 Å². The van der Waals surface area contributed by atoms with Gasteiger partial charge in [0.25, 0.3) is 0 Å². The summed E-state index contributed by atoms with van der Waals surface area (Å²) in [4.78, 5) is 0. The first-order chi connectivity index (χ1) is 6.29. The van der Waals surface area contributed by atoms with Gasteiger partial charge in [-0.15, -0.1) is 0 Å². The van der Waals surface area contributed by atoms with Crippen molar-refractivity contribution in [3.63, 3.8) is 0 Å². The van der Waals surface area contributed by atoms with Crippen LogP contribution >= 0.6 is 0 Å². The molecule has 0 radical (unpaired) electrons. The lowest BCUT2D eigenvalue weighted by Gasteiger charge is -1.88. The number of hydrogen-bond donors (Lipinski definition) is 1. The highest BCUT2D eigenvalue weighted by Crippen LogP contribution is 1.94. The largest absolute Gasteiger partial charge is 0.389 e. The molecule has 0 amide bonds. The first-order valence-corrected chi connectivity index (χ1v) is 4.20. The zero-order valence-corrected chi connectivity index (χ0v) is 7.57. The van der Waals surface area contributed by atoms with Crippen LogP contribution in [0.4, 0.5) is 0 Å². The van der Waals surface area contributed by atoms with Gasteiger partial charge >= 0.3 is 0 Å². The summed E-state index contributed by atoms with van der Waals surface area (Å²) in [5.41, 5.74) is 0.984. The van der Waals surface area contributed by atoms with Gasteiger partial charge in [0.15, 0.2) is 0 Å². The van der Waals surface area contributed by atoms with E-state index in [1.807, 2.05) is 30.3 Å². The van der Waals surface area contributed by atoms with Crippen LogP contribution in [0.25, 0.3) is 0 Å². The molecule has 0 heterocycles. The van der Waals surface area contributed by atoms with Crippen molar-refractivity contribution in [3.8, 4) is 11.8 Å². The number of rotatable bonds is 1. The highest BCUT2D eigenvalue weighted by atomic mass is 16.3. The predicted octanol–water partition coefficient (Wildman–Crippen LogP) is 1.98. The molecule has 0 saturated carbocycles. The molecule has 1 atom stereocenters. The van der Waals surface area contributed by atoms with Crippen LogP contribution in [0.3, 0.4) is 0 Å². The smallest absolute Gasteiger partial charge is 0.0701 e. The molecule has 0 unspecified atom stereocenters. The molecule has 0 saturated heterocycles. The van der Waals surface area contributed by atoms with E-state index >= 15 is 0 Å². The second-order valence-corrected chi connectivity index (χ2v) is 2.74. The lowest BCUT2D eigenvalue weighted by Crippen LogP contribution is -1.90. The van der Waals surface area contributed by atoms with E-state index in [0.29, 0.717) is 0 Å². The quantitative estimate of drug-likeness (QED) is 0.642. The van der Waals surface area contributed by atoms with Gasteiger partial charge < -0.3 is 5.11 Å². The van der Waals surface area contributed by atoms with Crippen molar-refractivity contribution < 1.29 is 5.11 Å². The normalized spacial score (nSPS) is 12.2. The molecule has 0 aliphatic heterocycles. The Bertz CT molecular complexity index is 325. The second-order valence-electron chi connectivity index (χ2n) is 2.74. The highest BCUT2D eigenvalue weighted by molar-refractivity contribution is 5.36. The van der Waals surface area contributed by atoms with Gasteiger partial charge in [0.05, 0.1) is 6.10 Å². The van der Waals surface area contributed by atoms with Crippen molar-refractivity contribution in [1.82, 2.24) is 0 Å². The molecule has 66 valence electrons. The van der Waals surface area contributed by atoms with E-state index in [1.165, 1.54) is 0 Å². The van der Waals surface area contributed by atoms with Gasteiger partial charge in [-0.25, -0.2) is 0 Å². The number of hydrogen-bond acceptors (Lipinski definition) is 1. The molecule has 1 aromatic carbocycles. The van der Waals surface area contributed by atoms with E-state index in [9.17, 15) is 0 Å². The van der Waals surface area contributed by atoms with Crippen LogP contribution in [0, 0.1) is 11.8 Å². The Labute approximate surface area is 78.7 Å². The molecule has 1 heteroatoms. The molecule has 0 aliphatic rings. The molecule has 0 aromatic heterocycles. The first kappa shape index (κ1) is 9.57. The lowest BCUT2D eigenvalue weighted by molar-refractivity contribution is 0.244. The minimum Gasteiger partial charge on any atom is -0.389 e. The summed E-state index contributed by atoms with van der Waals surface area (Å²) in [6.07, 6.45) is 2.89. The van der Waals surface area contributed by atoms with Gasteiger partial charge in [-0.05, 0) is 31.2 Å². The number of aliphatic hydroxyl groups excluding tert-OH is 1. The Balaban J connectivity index is 2.59. The van der Waals surface area contributed by atoms with E-state index in [1.54, 1.807) is 19.1 Å². The topological polar surface area (TPSA) is 20.2 Å². The standard InChI is InChI=1S/C12H12O/c1-11(13)7-5-6-10-12-8-3-2-4-9-12/h2-5,7-9,11,13H,1H3/b7-5+/t11-/m1/s1. The number of allylic oxidation sites excluding steroid dienone is 1. The van der Waals surface area contributed by atoms with Crippen LogP contribution in [0.1, 0.15) is 12.5 Å². The van der Waals surface area contributed by atoms with E-state index in [-0.39, 0.29) is 0 Å². The summed E-state index contributed by atoms with van der Waals surface area (Å²) in [6, 6.07) is 9.74. The second kappa shape index (κ2) is 5.18. The summed E-state index contributed by atoms with van der Waals surface area (Å²) in [5.74, 6) is 5.79. The number of aliphatic hydroxyl groups is 1. The first-order valence-electron chi connectivity index (χ1n) is 4.20. The van der Waals surface area contributed by atoms with Crippen LogP contribution in [-0.2, 0) is 0 Å². The minimum atomic E-state index is -0.426. The van der Waals surface area contributed by atoms with Crippen LogP contribution in [0.5, 0.6) is 0 Å². The maximum absolute atomic E-state index is 8.89. The Morgan fingerprint density at radius 3 is 2.62 bits per heavy atom. The van der Waals surface area contributed by atoms with Crippen molar-refractivity contribution in [2.75, 3.05) is 0 Å². The van der Waals surface area contributed by atoms with Crippen LogP contribution < -0.4 is 0 Å². The molecular weight excluding hydrogens is 160 g/mol. The summed E-state index contributed by atoms with van der Waals surface area (Å²) in [5, 5.41) is 8.89. The third-order valence-corrected chi connectivity index (χ3v) is 1.45. The molecule has 1 rings (SSSR count). The third-order valence-electron chi connectivity index (χ3n) is 1.45. The molecule has 0 spiro atoms. The summed E-state index contributed by atoms with van der Waals surface area (Å²) in [6.45, 7) is 1.70. The Morgan fingerprint density at radius 1 is 1.31 bits per heavy atom. The van der Waals surface area contributed by atoms with Crippen molar-refractivity contribution in [3.05, 3.63) is 48.0 Å². The maximum atomic E-state index is 8.89. The van der Waals surface area contributed by atoms with Gasteiger partial charge in [-0.3, -0.25) is 0 Å². The van der Waals surface area contributed by atoms with E-state index in [2.05, 4.69) is 11.8 Å². The van der Waals surface area contributed by atoms with E-state index in [4.69, 9.17) is 5.11 Å². The minimum absolute atomic E-state index is 0.426. The Kier molecular flexibility index (Phi) is 3.81. The highest BCUT2D eigenvalue weighted by Gasteiger charge is 1.81. The monoisotopic (exact) mass is 172 g/mol. The third kappa shape index (κ3) is 4.15. The maximum Gasteiger partial charge on any atom is 0.0701 e. The Hall–Kier alpha value is -1.52. The molecule has 1 N–H and O–H groups in total. The fraction of sp³-hybridized carbons (Fsp3) is 0.167. The molecule has 0 aliphatic carbocycles. The zero-order valence-electron chi connectivity index (χ0n) is 7.57. The van der Waals surface area contributed by atoms with Crippen molar-refractivity contribution in [2.24, 2.45) is 0 Å². The van der Waals surface area contributed by atoms with Crippen LogP contribution in [-0.4, -0.2) is 11.2 Å². The van der Waals surface area contributed by atoms with Gasteiger partial charge in [0, 0.05) is 5.56 Å². The van der Waals surface area contributed by atoms with Gasteiger partial charge in [-0.1, -0.05) is 30.0 Å². The summed E-state index contributed by atoms with van der Waals surface area (Å²) >= 11 is 0. The lowest BCUT2D eigenvalue weighted by atomic mass is 10.2. The van der Waals surface area contributed by atoms with Crippen molar-refractivity contribution in [2.45, 2.75) is 13.0 Å². The molecule has 13 heavy (non-hydrogen) atoms. The molecule has 1 nitrogen and oxygen atoms in total. The van der Waals surface area contributed by atoms with E-state index < -0.39 is 6.10 Å². The summed E-state index contributed by atoms with van der Waals surface area (Å²) in [7, 11) is 0. The van der Waals surface area contributed by atoms with Gasteiger partial charge in [0.2, 0.25) is 0 Å². The van der Waals surface area contributed by atoms with Crippen molar-refractivity contribution in [1.29, 1.82) is 0 Å². The van der Waals surface area contributed by atoms with Gasteiger partial charge in [0.1, 0.15) is 0 Å².